The lowest BCUT2D eigenvalue weighted by Gasteiger charge is -2.16. The Morgan fingerprint density at radius 2 is 1.87 bits per heavy atom. The summed E-state index contributed by atoms with van der Waals surface area (Å²) in [7, 11) is 1.35. The lowest BCUT2D eigenvalue weighted by Crippen LogP contribution is -2.09. The van der Waals surface area contributed by atoms with Crippen LogP contribution >= 0.6 is 23.4 Å². The van der Waals surface area contributed by atoms with Crippen molar-refractivity contribution in [2.24, 2.45) is 0 Å². The molecule has 0 aromatic heterocycles. The minimum Gasteiger partial charge on any atom is -0.468 e. The summed E-state index contributed by atoms with van der Waals surface area (Å²) in [5, 5.41) is 0.457. The van der Waals surface area contributed by atoms with Gasteiger partial charge in [0.15, 0.2) is 5.78 Å². The molecular formula is C18H17ClO3S. The van der Waals surface area contributed by atoms with E-state index in [-0.39, 0.29) is 22.8 Å². The molecule has 0 saturated carbocycles. The summed E-state index contributed by atoms with van der Waals surface area (Å²) < 4.78 is 4.68. The summed E-state index contributed by atoms with van der Waals surface area (Å²) >= 11 is 7.43. The fraction of sp³-hybridized carbons (Fsp3) is 0.222. The first-order valence-electron chi connectivity index (χ1n) is 7.12. The zero-order chi connectivity index (χ0) is 16.7. The first kappa shape index (κ1) is 17.6. The minimum atomic E-state index is -0.311. The second-order valence-electron chi connectivity index (χ2n) is 4.92. The van der Waals surface area contributed by atoms with Gasteiger partial charge in [0.1, 0.15) is 0 Å². The van der Waals surface area contributed by atoms with Gasteiger partial charge in [-0.15, -0.1) is 11.8 Å². The smallest absolute Gasteiger partial charge is 0.315 e. The highest BCUT2D eigenvalue weighted by Crippen LogP contribution is 2.34. The summed E-state index contributed by atoms with van der Waals surface area (Å²) in [6.07, 6.45) is 0.298. The molecule has 0 saturated heterocycles. The van der Waals surface area contributed by atoms with Gasteiger partial charge in [-0.2, -0.15) is 0 Å². The fourth-order valence-electron chi connectivity index (χ4n) is 2.12. The summed E-state index contributed by atoms with van der Waals surface area (Å²) in [5.41, 5.74) is 1.59. The number of hydrogen-bond donors (Lipinski definition) is 0. The molecule has 0 radical (unpaired) electrons. The molecule has 0 bridgehead atoms. The predicted molar refractivity (Wildman–Crippen MR) is 94.1 cm³/mol. The van der Waals surface area contributed by atoms with E-state index in [4.69, 9.17) is 11.6 Å². The third kappa shape index (κ3) is 5.41. The Morgan fingerprint density at radius 1 is 1.13 bits per heavy atom. The average Bonchev–Trinajstić information content (AvgIpc) is 2.58. The van der Waals surface area contributed by atoms with Crippen molar-refractivity contribution in [3.8, 4) is 0 Å². The second kappa shape index (κ2) is 8.75. The molecule has 0 aliphatic heterocycles. The van der Waals surface area contributed by atoms with Gasteiger partial charge in [0.05, 0.1) is 12.9 Å². The molecule has 1 atom stereocenters. The van der Waals surface area contributed by atoms with Crippen LogP contribution in [0.25, 0.3) is 0 Å². The van der Waals surface area contributed by atoms with Crippen LogP contribution < -0.4 is 0 Å². The molecule has 0 spiro atoms. The molecular weight excluding hydrogens is 332 g/mol. The number of benzene rings is 2. The quantitative estimate of drug-likeness (QED) is 0.543. The van der Waals surface area contributed by atoms with E-state index in [1.165, 1.54) is 18.9 Å². The number of esters is 1. The van der Waals surface area contributed by atoms with Gasteiger partial charge >= 0.3 is 5.97 Å². The number of methoxy groups -OCH3 is 1. The van der Waals surface area contributed by atoms with Gasteiger partial charge in [0.25, 0.3) is 0 Å². The summed E-state index contributed by atoms with van der Waals surface area (Å²) in [4.78, 5) is 23.9. The highest BCUT2D eigenvalue weighted by molar-refractivity contribution is 8.00. The van der Waals surface area contributed by atoms with E-state index in [1.54, 1.807) is 18.2 Å². The third-order valence-electron chi connectivity index (χ3n) is 3.32. The Balaban J connectivity index is 2.16. The summed E-state index contributed by atoms with van der Waals surface area (Å²) in [6, 6.07) is 16.5. The van der Waals surface area contributed by atoms with Gasteiger partial charge in [0, 0.05) is 22.3 Å². The van der Waals surface area contributed by atoms with Gasteiger partial charge in [-0.3, -0.25) is 9.59 Å². The van der Waals surface area contributed by atoms with E-state index in [9.17, 15) is 9.59 Å². The van der Waals surface area contributed by atoms with E-state index < -0.39 is 0 Å². The van der Waals surface area contributed by atoms with Crippen LogP contribution in [-0.2, 0) is 9.53 Å². The van der Waals surface area contributed by atoms with Crippen molar-refractivity contribution in [2.45, 2.75) is 11.7 Å². The van der Waals surface area contributed by atoms with E-state index in [0.29, 0.717) is 17.0 Å². The van der Waals surface area contributed by atoms with Gasteiger partial charge in [-0.05, 0) is 17.7 Å². The normalized spacial score (nSPS) is 11.7. The van der Waals surface area contributed by atoms with Gasteiger partial charge in [0.2, 0.25) is 0 Å². The Labute approximate surface area is 145 Å². The number of thioether (sulfide) groups is 1. The summed E-state index contributed by atoms with van der Waals surface area (Å²) in [5.74, 6) is -0.0856. The van der Waals surface area contributed by atoms with E-state index >= 15 is 0 Å². The van der Waals surface area contributed by atoms with Crippen molar-refractivity contribution < 1.29 is 14.3 Å². The molecule has 2 aromatic carbocycles. The van der Waals surface area contributed by atoms with Crippen LogP contribution in [0.4, 0.5) is 0 Å². The molecule has 0 N–H and O–H groups in total. The van der Waals surface area contributed by atoms with E-state index in [1.807, 2.05) is 36.4 Å². The zero-order valence-corrected chi connectivity index (χ0v) is 14.3. The number of ether oxygens (including phenoxy) is 1. The molecule has 0 amide bonds. The minimum absolute atomic E-state index is 0.0351. The van der Waals surface area contributed by atoms with Crippen LogP contribution in [0.2, 0.25) is 5.02 Å². The number of carbonyl (C=O) groups excluding carboxylic acids is 2. The maximum absolute atomic E-state index is 12.5. The van der Waals surface area contributed by atoms with Crippen LogP contribution in [0.1, 0.15) is 27.6 Å². The highest BCUT2D eigenvalue weighted by Gasteiger charge is 2.19. The molecule has 2 aromatic rings. The monoisotopic (exact) mass is 348 g/mol. The van der Waals surface area contributed by atoms with Crippen molar-refractivity contribution in [3.05, 3.63) is 70.7 Å². The molecule has 5 heteroatoms. The predicted octanol–water partition coefficient (Wildman–Crippen LogP) is 4.56. The Hall–Kier alpha value is -1.78. The Bertz CT molecular complexity index is 673. The molecule has 23 heavy (non-hydrogen) atoms. The molecule has 120 valence electrons. The van der Waals surface area contributed by atoms with Crippen molar-refractivity contribution in [2.75, 3.05) is 12.9 Å². The number of carbonyl (C=O) groups is 2. The van der Waals surface area contributed by atoms with E-state index in [0.717, 1.165) is 5.56 Å². The van der Waals surface area contributed by atoms with Crippen LogP contribution in [0.3, 0.4) is 0 Å². The fourth-order valence-corrected chi connectivity index (χ4v) is 3.38. The number of hydrogen-bond acceptors (Lipinski definition) is 4. The van der Waals surface area contributed by atoms with Gasteiger partial charge in [-0.25, -0.2) is 0 Å². The SMILES string of the molecule is COC(=O)CS[C@H](CC(=O)c1ccccc1)c1cccc(Cl)c1. The van der Waals surface area contributed by atoms with Crippen LogP contribution in [-0.4, -0.2) is 24.6 Å². The van der Waals surface area contributed by atoms with Crippen LogP contribution in [0, 0.1) is 0 Å². The number of ketones is 1. The topological polar surface area (TPSA) is 43.4 Å². The summed E-state index contributed by atoms with van der Waals surface area (Å²) in [6.45, 7) is 0. The van der Waals surface area contributed by atoms with Crippen molar-refractivity contribution >= 4 is 35.1 Å². The Kier molecular flexibility index (Phi) is 6.68. The average molecular weight is 349 g/mol. The molecule has 0 fully saturated rings. The molecule has 2 rings (SSSR count). The van der Waals surface area contributed by atoms with Crippen molar-refractivity contribution in [3.63, 3.8) is 0 Å². The molecule has 0 heterocycles. The van der Waals surface area contributed by atoms with Crippen LogP contribution in [0.5, 0.6) is 0 Å². The van der Waals surface area contributed by atoms with E-state index in [2.05, 4.69) is 4.74 Å². The van der Waals surface area contributed by atoms with Gasteiger partial charge in [-0.1, -0.05) is 54.1 Å². The molecule has 0 unspecified atom stereocenters. The highest BCUT2D eigenvalue weighted by atomic mass is 35.5. The zero-order valence-electron chi connectivity index (χ0n) is 12.7. The number of Topliss-reactive ketones (excluding diaryl/α,β-unsaturated/α-hetero) is 1. The third-order valence-corrected chi connectivity index (χ3v) is 4.80. The van der Waals surface area contributed by atoms with Gasteiger partial charge < -0.3 is 4.74 Å². The molecule has 0 aliphatic rings. The maximum Gasteiger partial charge on any atom is 0.315 e. The standard InChI is InChI=1S/C18H17ClO3S/c1-22-18(21)12-23-17(14-8-5-9-15(19)10-14)11-16(20)13-6-3-2-4-7-13/h2-10,17H,11-12H2,1H3/t17-/m1/s1. The number of rotatable bonds is 7. The Morgan fingerprint density at radius 3 is 2.52 bits per heavy atom. The number of halogens is 1. The first-order valence-corrected chi connectivity index (χ1v) is 8.55. The lowest BCUT2D eigenvalue weighted by atomic mass is 10.0. The lowest BCUT2D eigenvalue weighted by molar-refractivity contribution is -0.137. The van der Waals surface area contributed by atoms with Crippen LogP contribution in [0.15, 0.2) is 54.6 Å². The first-order chi connectivity index (χ1) is 11.1. The molecule has 3 nitrogen and oxygen atoms in total. The maximum atomic E-state index is 12.5. The van der Waals surface area contributed by atoms with Crippen molar-refractivity contribution in [1.29, 1.82) is 0 Å². The molecule has 0 aliphatic carbocycles. The second-order valence-corrected chi connectivity index (χ2v) is 6.55. The largest absolute Gasteiger partial charge is 0.468 e. The van der Waals surface area contributed by atoms with Crippen molar-refractivity contribution in [1.82, 2.24) is 0 Å².